The molecule has 1 aromatic rings. The Morgan fingerprint density at radius 3 is 1.89 bits per heavy atom. The summed E-state index contributed by atoms with van der Waals surface area (Å²) in [6.07, 6.45) is 0. The number of Topliss-reactive ketones (excluding diaryl/α,β-unsaturated/α-hetero) is 1. The maximum absolute atomic E-state index is 11.7. The van der Waals surface area contributed by atoms with E-state index in [2.05, 4.69) is 5.32 Å². The van der Waals surface area contributed by atoms with Gasteiger partial charge in [-0.25, -0.2) is 0 Å². The van der Waals surface area contributed by atoms with Gasteiger partial charge >= 0.3 is 0 Å². The van der Waals surface area contributed by atoms with Crippen molar-refractivity contribution < 1.29 is 19.0 Å². The largest absolute Gasteiger partial charge is 0.496 e. The van der Waals surface area contributed by atoms with Gasteiger partial charge < -0.3 is 19.5 Å². The fourth-order valence-corrected chi connectivity index (χ4v) is 1.87. The van der Waals surface area contributed by atoms with E-state index in [1.807, 2.05) is 0 Å². The van der Waals surface area contributed by atoms with Gasteiger partial charge in [-0.1, -0.05) is 0 Å². The molecule has 0 heterocycles. The van der Waals surface area contributed by atoms with Gasteiger partial charge in [-0.3, -0.25) is 4.79 Å². The average Bonchev–Trinajstić information content (AvgIpc) is 2.38. The minimum Gasteiger partial charge on any atom is -0.496 e. The Hall–Kier alpha value is -1.75. The third-order valence-corrected chi connectivity index (χ3v) is 2.74. The van der Waals surface area contributed by atoms with Crippen LogP contribution in [0.1, 0.15) is 18.5 Å². The minimum absolute atomic E-state index is 0.0146. The molecule has 1 unspecified atom stereocenters. The maximum Gasteiger partial charge on any atom is 0.151 e. The highest BCUT2D eigenvalue weighted by atomic mass is 16.5. The summed E-state index contributed by atoms with van der Waals surface area (Å²) < 4.78 is 15.8. The van der Waals surface area contributed by atoms with E-state index < -0.39 is 6.04 Å². The molecule has 1 aromatic carbocycles. The van der Waals surface area contributed by atoms with Gasteiger partial charge in [0.05, 0.1) is 32.9 Å². The lowest BCUT2D eigenvalue weighted by Gasteiger charge is -2.20. The first kappa shape index (κ1) is 14.3. The molecule has 5 heteroatoms. The van der Waals surface area contributed by atoms with Crippen LogP contribution in [0.15, 0.2) is 12.1 Å². The summed E-state index contributed by atoms with van der Waals surface area (Å²) in [5, 5.41) is 2.95. The predicted molar refractivity (Wildman–Crippen MR) is 68.6 cm³/mol. The monoisotopic (exact) mass is 253 g/mol. The fourth-order valence-electron chi connectivity index (χ4n) is 1.87. The summed E-state index contributed by atoms with van der Waals surface area (Å²) in [4.78, 5) is 11.7. The Morgan fingerprint density at radius 2 is 1.61 bits per heavy atom. The maximum atomic E-state index is 11.7. The van der Waals surface area contributed by atoms with Crippen molar-refractivity contribution in [1.82, 2.24) is 5.32 Å². The van der Waals surface area contributed by atoms with Crippen molar-refractivity contribution in [1.29, 1.82) is 0 Å². The van der Waals surface area contributed by atoms with E-state index in [9.17, 15) is 4.79 Å². The molecule has 1 rings (SSSR count). The first-order valence-corrected chi connectivity index (χ1v) is 5.56. The molecule has 100 valence electrons. The number of benzene rings is 1. The number of rotatable bonds is 6. The van der Waals surface area contributed by atoms with Crippen LogP contribution in [-0.4, -0.2) is 34.2 Å². The SMILES string of the molecule is CNC(C(C)=O)c1c(OC)cc(OC)cc1OC. The van der Waals surface area contributed by atoms with Crippen LogP contribution in [0.3, 0.4) is 0 Å². The molecule has 0 aliphatic rings. The normalized spacial score (nSPS) is 11.8. The molecule has 0 amide bonds. The van der Waals surface area contributed by atoms with Crippen LogP contribution < -0.4 is 19.5 Å². The van der Waals surface area contributed by atoms with E-state index in [0.29, 0.717) is 22.8 Å². The summed E-state index contributed by atoms with van der Waals surface area (Å²) >= 11 is 0. The van der Waals surface area contributed by atoms with Crippen LogP contribution in [0.25, 0.3) is 0 Å². The van der Waals surface area contributed by atoms with Crippen molar-refractivity contribution in [2.75, 3.05) is 28.4 Å². The van der Waals surface area contributed by atoms with E-state index in [1.165, 1.54) is 6.92 Å². The molecule has 0 saturated heterocycles. The third kappa shape index (κ3) is 2.73. The molecule has 0 fully saturated rings. The number of likely N-dealkylation sites (N-methyl/N-ethyl adjacent to an activating group) is 1. The van der Waals surface area contributed by atoms with Gasteiger partial charge in [-0.05, 0) is 14.0 Å². The van der Waals surface area contributed by atoms with Crippen molar-refractivity contribution in [2.24, 2.45) is 0 Å². The number of ketones is 1. The van der Waals surface area contributed by atoms with Crippen LogP contribution >= 0.6 is 0 Å². The Bertz CT molecular complexity index is 406. The van der Waals surface area contributed by atoms with E-state index in [-0.39, 0.29) is 5.78 Å². The fraction of sp³-hybridized carbons (Fsp3) is 0.462. The summed E-state index contributed by atoms with van der Waals surface area (Å²) in [6, 6.07) is 2.98. The first-order valence-electron chi connectivity index (χ1n) is 5.56. The Morgan fingerprint density at radius 1 is 1.11 bits per heavy atom. The molecule has 0 radical (unpaired) electrons. The van der Waals surface area contributed by atoms with Gasteiger partial charge in [-0.2, -0.15) is 0 Å². The minimum atomic E-state index is -0.471. The number of hydrogen-bond acceptors (Lipinski definition) is 5. The lowest BCUT2D eigenvalue weighted by Crippen LogP contribution is -2.24. The van der Waals surface area contributed by atoms with E-state index in [4.69, 9.17) is 14.2 Å². The molecular formula is C13H19NO4. The van der Waals surface area contributed by atoms with Crippen molar-refractivity contribution in [3.8, 4) is 17.2 Å². The van der Waals surface area contributed by atoms with Crippen molar-refractivity contribution >= 4 is 5.78 Å². The lowest BCUT2D eigenvalue weighted by atomic mass is 10.0. The number of hydrogen-bond donors (Lipinski definition) is 1. The number of ether oxygens (including phenoxy) is 3. The molecule has 0 aliphatic carbocycles. The van der Waals surface area contributed by atoms with Crippen LogP contribution in [0.2, 0.25) is 0 Å². The molecule has 0 spiro atoms. The van der Waals surface area contributed by atoms with Gasteiger partial charge in [0.1, 0.15) is 17.2 Å². The molecule has 1 N–H and O–H groups in total. The molecular weight excluding hydrogens is 234 g/mol. The molecule has 5 nitrogen and oxygen atoms in total. The zero-order valence-corrected chi connectivity index (χ0v) is 11.4. The highest BCUT2D eigenvalue weighted by molar-refractivity contribution is 5.85. The van der Waals surface area contributed by atoms with Crippen molar-refractivity contribution in [3.63, 3.8) is 0 Å². The summed E-state index contributed by atoms with van der Waals surface area (Å²) in [7, 11) is 6.37. The quantitative estimate of drug-likeness (QED) is 0.833. The van der Waals surface area contributed by atoms with Gasteiger partial charge in [0.15, 0.2) is 5.78 Å². The summed E-state index contributed by atoms with van der Waals surface area (Å²) in [5.41, 5.74) is 0.677. The first-order chi connectivity index (χ1) is 8.58. The number of carbonyl (C=O) groups excluding carboxylic acids is 1. The van der Waals surface area contributed by atoms with Crippen LogP contribution in [-0.2, 0) is 4.79 Å². The van der Waals surface area contributed by atoms with Gasteiger partial charge in [0.25, 0.3) is 0 Å². The Balaban J connectivity index is 3.43. The lowest BCUT2D eigenvalue weighted by molar-refractivity contribution is -0.119. The standard InChI is InChI=1S/C13H19NO4/c1-8(15)13(14-2)12-10(17-4)6-9(16-3)7-11(12)18-5/h6-7,13-14H,1-5H3. The molecule has 0 saturated carbocycles. The van der Waals surface area contributed by atoms with E-state index in [1.54, 1.807) is 40.5 Å². The summed E-state index contributed by atoms with van der Waals surface area (Å²) in [5.74, 6) is 1.71. The smallest absolute Gasteiger partial charge is 0.151 e. The second-order valence-electron chi connectivity index (χ2n) is 3.78. The summed E-state index contributed by atoms with van der Waals surface area (Å²) in [6.45, 7) is 1.52. The van der Waals surface area contributed by atoms with E-state index in [0.717, 1.165) is 0 Å². The molecule has 0 aliphatic heterocycles. The zero-order valence-electron chi connectivity index (χ0n) is 11.4. The Kier molecular flexibility index (Phi) is 4.97. The van der Waals surface area contributed by atoms with Crippen LogP contribution in [0.5, 0.6) is 17.2 Å². The number of carbonyl (C=O) groups is 1. The molecule has 0 bridgehead atoms. The number of methoxy groups -OCH3 is 3. The molecule has 0 aromatic heterocycles. The third-order valence-electron chi connectivity index (χ3n) is 2.74. The van der Waals surface area contributed by atoms with Gasteiger partial charge in [0, 0.05) is 12.1 Å². The second kappa shape index (κ2) is 6.26. The van der Waals surface area contributed by atoms with Crippen molar-refractivity contribution in [3.05, 3.63) is 17.7 Å². The Labute approximate surface area is 107 Å². The highest BCUT2D eigenvalue weighted by Gasteiger charge is 2.24. The van der Waals surface area contributed by atoms with Crippen LogP contribution in [0, 0.1) is 0 Å². The van der Waals surface area contributed by atoms with Gasteiger partial charge in [-0.15, -0.1) is 0 Å². The van der Waals surface area contributed by atoms with Crippen LogP contribution in [0.4, 0.5) is 0 Å². The topological polar surface area (TPSA) is 56.8 Å². The molecule has 1 atom stereocenters. The van der Waals surface area contributed by atoms with Crippen molar-refractivity contribution in [2.45, 2.75) is 13.0 Å². The molecule has 18 heavy (non-hydrogen) atoms. The second-order valence-corrected chi connectivity index (χ2v) is 3.78. The highest BCUT2D eigenvalue weighted by Crippen LogP contribution is 2.38. The average molecular weight is 253 g/mol. The van der Waals surface area contributed by atoms with E-state index >= 15 is 0 Å². The van der Waals surface area contributed by atoms with Gasteiger partial charge in [0.2, 0.25) is 0 Å². The zero-order chi connectivity index (χ0) is 13.7. The predicted octanol–water partition coefficient (Wildman–Crippen LogP) is 1.56. The number of nitrogens with one attached hydrogen (secondary N) is 1.